The van der Waals surface area contributed by atoms with Crippen LogP contribution in [0.2, 0.25) is 5.02 Å². The molecule has 3 aromatic rings. The average Bonchev–Trinajstić information content (AvgIpc) is 3.25. The number of hydrogen-bond acceptors (Lipinski definition) is 4. The molecule has 1 atom stereocenters. The molecule has 3 rings (SSSR count). The number of hydrazone groups is 1. The van der Waals surface area contributed by atoms with Crippen LogP contribution in [-0.4, -0.2) is 21.6 Å². The summed E-state index contributed by atoms with van der Waals surface area (Å²) in [6.45, 7) is 1.90. The molecule has 0 aliphatic heterocycles. The van der Waals surface area contributed by atoms with Crippen molar-refractivity contribution in [2.45, 2.75) is 12.7 Å². The molecule has 0 bridgehead atoms. The quantitative estimate of drug-likeness (QED) is 0.460. The monoisotopic (exact) mass is 414 g/mol. The Kier molecular flexibility index (Phi) is 6.79. The maximum atomic E-state index is 12.2. The number of benzene rings is 2. The summed E-state index contributed by atoms with van der Waals surface area (Å²) in [4.78, 5) is 12.2. The van der Waals surface area contributed by atoms with Crippen LogP contribution in [0.3, 0.4) is 0 Å². The SMILES string of the molecule is CCS(=O)Cc1ccc(C(=NNC(=O)c2ccco2)c2ccc(Cl)cc2)cc1. The lowest BCUT2D eigenvalue weighted by atomic mass is 10.0. The van der Waals surface area contributed by atoms with Crippen molar-refractivity contribution < 1.29 is 13.4 Å². The maximum absolute atomic E-state index is 12.2. The Bertz CT molecular complexity index is 982. The second-order valence-electron chi connectivity index (χ2n) is 5.96. The summed E-state index contributed by atoms with van der Waals surface area (Å²) < 4.78 is 16.9. The molecule has 5 nitrogen and oxygen atoms in total. The van der Waals surface area contributed by atoms with Gasteiger partial charge in [-0.25, -0.2) is 5.43 Å². The highest BCUT2D eigenvalue weighted by Gasteiger charge is 2.11. The van der Waals surface area contributed by atoms with Crippen LogP contribution < -0.4 is 5.43 Å². The molecule has 7 heteroatoms. The van der Waals surface area contributed by atoms with Crippen molar-refractivity contribution in [3.8, 4) is 0 Å². The van der Waals surface area contributed by atoms with E-state index in [0.29, 0.717) is 22.2 Å². The fourth-order valence-corrected chi connectivity index (χ4v) is 3.41. The number of halogens is 1. The van der Waals surface area contributed by atoms with Gasteiger partial charge < -0.3 is 4.42 Å². The second-order valence-corrected chi connectivity index (χ2v) is 8.14. The average molecular weight is 415 g/mol. The molecule has 0 saturated heterocycles. The third-order valence-electron chi connectivity index (χ3n) is 4.01. The Morgan fingerprint density at radius 2 is 1.71 bits per heavy atom. The van der Waals surface area contributed by atoms with Crippen LogP contribution in [0.15, 0.2) is 76.4 Å². The first-order valence-corrected chi connectivity index (χ1v) is 10.5. The lowest BCUT2D eigenvalue weighted by Gasteiger charge is -2.09. The van der Waals surface area contributed by atoms with Gasteiger partial charge in [0.25, 0.3) is 0 Å². The zero-order chi connectivity index (χ0) is 19.9. The summed E-state index contributed by atoms with van der Waals surface area (Å²) in [6.07, 6.45) is 1.43. The Labute approximate surface area is 170 Å². The summed E-state index contributed by atoms with van der Waals surface area (Å²) in [6, 6.07) is 18.0. The van der Waals surface area contributed by atoms with Crippen LogP contribution in [0.25, 0.3) is 0 Å². The van der Waals surface area contributed by atoms with E-state index in [9.17, 15) is 9.00 Å². The minimum Gasteiger partial charge on any atom is -0.459 e. The van der Waals surface area contributed by atoms with E-state index in [1.165, 1.54) is 6.26 Å². The van der Waals surface area contributed by atoms with Gasteiger partial charge in [0, 0.05) is 38.5 Å². The molecule has 0 saturated carbocycles. The maximum Gasteiger partial charge on any atom is 0.307 e. The predicted octanol–water partition coefficient (Wildman–Crippen LogP) is 4.38. The molecular weight excluding hydrogens is 396 g/mol. The van der Waals surface area contributed by atoms with Crippen molar-refractivity contribution in [2.75, 3.05) is 5.75 Å². The zero-order valence-electron chi connectivity index (χ0n) is 15.2. The Balaban J connectivity index is 1.89. The minimum absolute atomic E-state index is 0.177. The van der Waals surface area contributed by atoms with Gasteiger partial charge in [0.1, 0.15) is 0 Å². The molecule has 0 spiro atoms. The first-order chi connectivity index (χ1) is 13.6. The van der Waals surface area contributed by atoms with E-state index in [4.69, 9.17) is 16.0 Å². The van der Waals surface area contributed by atoms with Crippen LogP contribution in [0.4, 0.5) is 0 Å². The number of nitrogens with one attached hydrogen (secondary N) is 1. The molecule has 1 heterocycles. The van der Waals surface area contributed by atoms with E-state index >= 15 is 0 Å². The fraction of sp³-hybridized carbons (Fsp3) is 0.143. The van der Waals surface area contributed by atoms with E-state index < -0.39 is 16.7 Å². The molecule has 28 heavy (non-hydrogen) atoms. The van der Waals surface area contributed by atoms with E-state index in [-0.39, 0.29) is 5.76 Å². The van der Waals surface area contributed by atoms with Crippen LogP contribution in [-0.2, 0) is 16.6 Å². The van der Waals surface area contributed by atoms with E-state index in [2.05, 4.69) is 10.5 Å². The van der Waals surface area contributed by atoms with Gasteiger partial charge in [0.05, 0.1) is 12.0 Å². The molecular formula is C21H19ClN2O3S. The highest BCUT2D eigenvalue weighted by Crippen LogP contribution is 2.16. The largest absolute Gasteiger partial charge is 0.459 e. The highest BCUT2D eigenvalue weighted by molar-refractivity contribution is 7.84. The van der Waals surface area contributed by atoms with Crippen LogP contribution >= 0.6 is 11.6 Å². The number of rotatable bonds is 7. The van der Waals surface area contributed by atoms with Crippen LogP contribution in [0.1, 0.15) is 34.2 Å². The summed E-state index contributed by atoms with van der Waals surface area (Å²) in [5.41, 5.74) is 5.71. The first kappa shape index (κ1) is 20.0. The van der Waals surface area contributed by atoms with Crippen molar-refractivity contribution in [1.82, 2.24) is 5.43 Å². The Morgan fingerprint density at radius 3 is 2.29 bits per heavy atom. The number of carbonyl (C=O) groups is 1. The van der Waals surface area contributed by atoms with Crippen molar-refractivity contribution in [2.24, 2.45) is 5.10 Å². The highest BCUT2D eigenvalue weighted by atomic mass is 35.5. The summed E-state index contributed by atoms with van der Waals surface area (Å²) >= 11 is 5.99. The lowest BCUT2D eigenvalue weighted by Crippen LogP contribution is -2.20. The smallest absolute Gasteiger partial charge is 0.307 e. The molecule has 1 N–H and O–H groups in total. The molecule has 1 aromatic heterocycles. The van der Waals surface area contributed by atoms with Crippen molar-refractivity contribution in [3.05, 3.63) is 94.4 Å². The standard InChI is InChI=1S/C21H19ClN2O3S/c1-2-28(26)14-15-5-7-16(8-6-15)20(17-9-11-18(22)12-10-17)23-24-21(25)19-4-3-13-27-19/h3-13H,2,14H2,1H3,(H,24,25). The van der Waals surface area contributed by atoms with Gasteiger partial charge in [0.15, 0.2) is 5.76 Å². The van der Waals surface area contributed by atoms with Gasteiger partial charge in [-0.05, 0) is 29.8 Å². The zero-order valence-corrected chi connectivity index (χ0v) is 16.8. The number of furan rings is 1. The third-order valence-corrected chi connectivity index (χ3v) is 5.56. The van der Waals surface area contributed by atoms with E-state index in [0.717, 1.165) is 16.7 Å². The lowest BCUT2D eigenvalue weighted by molar-refractivity contribution is 0.0927. The summed E-state index contributed by atoms with van der Waals surface area (Å²) in [7, 11) is -0.873. The van der Waals surface area contributed by atoms with Gasteiger partial charge in [-0.15, -0.1) is 0 Å². The Hall–Kier alpha value is -2.70. The number of hydrogen-bond donors (Lipinski definition) is 1. The fourth-order valence-electron chi connectivity index (χ4n) is 2.52. The molecule has 2 aromatic carbocycles. The molecule has 1 amide bonds. The Morgan fingerprint density at radius 1 is 1.07 bits per heavy atom. The first-order valence-electron chi connectivity index (χ1n) is 8.68. The van der Waals surface area contributed by atoms with Crippen molar-refractivity contribution in [1.29, 1.82) is 0 Å². The second kappa shape index (κ2) is 9.48. The van der Waals surface area contributed by atoms with Gasteiger partial charge in [0.2, 0.25) is 0 Å². The molecule has 1 unspecified atom stereocenters. The topological polar surface area (TPSA) is 71.7 Å². The molecule has 0 aliphatic carbocycles. The van der Waals surface area contributed by atoms with Crippen molar-refractivity contribution in [3.63, 3.8) is 0 Å². The van der Waals surface area contributed by atoms with Gasteiger partial charge in [-0.3, -0.25) is 9.00 Å². The molecule has 0 radical (unpaired) electrons. The summed E-state index contributed by atoms with van der Waals surface area (Å²) in [5.74, 6) is 0.875. The van der Waals surface area contributed by atoms with E-state index in [1.54, 1.807) is 24.3 Å². The molecule has 144 valence electrons. The van der Waals surface area contributed by atoms with Gasteiger partial charge in [-0.1, -0.05) is 54.9 Å². The third kappa shape index (κ3) is 5.18. The van der Waals surface area contributed by atoms with Crippen molar-refractivity contribution >= 4 is 34.0 Å². The number of nitrogens with zero attached hydrogens (tertiary/aromatic N) is 1. The normalized spacial score (nSPS) is 12.6. The molecule has 0 fully saturated rings. The minimum atomic E-state index is -0.873. The number of carbonyl (C=O) groups excluding carboxylic acids is 1. The van der Waals surface area contributed by atoms with Crippen LogP contribution in [0.5, 0.6) is 0 Å². The molecule has 0 aliphatic rings. The van der Waals surface area contributed by atoms with Crippen LogP contribution in [0, 0.1) is 0 Å². The summed E-state index contributed by atoms with van der Waals surface area (Å²) in [5, 5.41) is 4.92. The van der Waals surface area contributed by atoms with Gasteiger partial charge >= 0.3 is 5.91 Å². The number of amides is 1. The predicted molar refractivity (Wildman–Crippen MR) is 112 cm³/mol. The van der Waals surface area contributed by atoms with Gasteiger partial charge in [-0.2, -0.15) is 5.10 Å². The van der Waals surface area contributed by atoms with E-state index in [1.807, 2.05) is 43.3 Å².